The number of amides is 1. The summed E-state index contributed by atoms with van der Waals surface area (Å²) in [7, 11) is 1.65. The summed E-state index contributed by atoms with van der Waals surface area (Å²) in [5.41, 5.74) is 6.80. The number of nitrogens with one attached hydrogen (secondary N) is 1. The van der Waals surface area contributed by atoms with Crippen molar-refractivity contribution in [1.29, 1.82) is 0 Å². The molecule has 0 saturated carbocycles. The van der Waals surface area contributed by atoms with E-state index >= 15 is 0 Å². The topological polar surface area (TPSA) is 68.6 Å². The van der Waals surface area contributed by atoms with Gasteiger partial charge in [0.1, 0.15) is 5.82 Å². The minimum absolute atomic E-state index is 0.104. The van der Waals surface area contributed by atoms with Gasteiger partial charge in [-0.25, -0.2) is 14.1 Å². The molecule has 1 atom stereocenters. The number of halogens is 3. The molecule has 2 aliphatic heterocycles. The van der Waals surface area contributed by atoms with Gasteiger partial charge in [-0.1, -0.05) is 35.3 Å². The van der Waals surface area contributed by atoms with Crippen LogP contribution >= 0.6 is 23.2 Å². The van der Waals surface area contributed by atoms with Gasteiger partial charge < -0.3 is 9.47 Å². The van der Waals surface area contributed by atoms with Crippen LogP contribution in [0.2, 0.25) is 10.0 Å². The maximum atomic E-state index is 13.5. The highest BCUT2D eigenvalue weighted by atomic mass is 35.5. The molecule has 1 saturated heterocycles. The highest BCUT2D eigenvalue weighted by Gasteiger charge is 2.32. The van der Waals surface area contributed by atoms with E-state index in [2.05, 4.69) is 5.43 Å². The third-order valence-electron chi connectivity index (χ3n) is 6.34. The Bertz CT molecular complexity index is 1310. The van der Waals surface area contributed by atoms with E-state index in [0.717, 1.165) is 36.2 Å². The number of fused-ring (bicyclic) bond motifs is 1. The van der Waals surface area contributed by atoms with Crippen LogP contribution in [-0.4, -0.2) is 53.6 Å². The predicted octanol–water partition coefficient (Wildman–Crippen LogP) is 5.14. The zero-order valence-electron chi connectivity index (χ0n) is 19.6. The monoisotopic (exact) mass is 530 g/mol. The number of methoxy groups -OCH3 is 1. The minimum Gasteiger partial charge on any atom is -0.383 e. The molecule has 2 aliphatic rings. The molecule has 3 aromatic rings. The number of carbonyl (C=O) groups is 1. The van der Waals surface area contributed by atoms with Gasteiger partial charge in [-0.05, 0) is 54.8 Å². The van der Waals surface area contributed by atoms with Crippen LogP contribution in [0, 0.1) is 5.82 Å². The van der Waals surface area contributed by atoms with Crippen LogP contribution in [-0.2, 0) is 16.1 Å². The second-order valence-corrected chi connectivity index (χ2v) is 9.63. The third kappa shape index (κ3) is 5.05. The number of aromatic nitrogens is 2. The molecule has 188 valence electrons. The van der Waals surface area contributed by atoms with E-state index in [1.165, 1.54) is 12.1 Å². The summed E-state index contributed by atoms with van der Waals surface area (Å²) in [4.78, 5) is 13.5. The Morgan fingerprint density at radius 2 is 2.06 bits per heavy atom. The lowest BCUT2D eigenvalue weighted by Crippen LogP contribution is -2.47. The van der Waals surface area contributed by atoms with Crippen molar-refractivity contribution in [2.24, 2.45) is 0 Å². The average Bonchev–Trinajstić information content (AvgIpc) is 3.46. The minimum atomic E-state index is -0.329. The zero-order valence-corrected chi connectivity index (χ0v) is 21.2. The molecule has 0 aliphatic carbocycles. The van der Waals surface area contributed by atoms with Gasteiger partial charge in [0.05, 0.1) is 42.3 Å². The number of hydrogen-bond acceptors (Lipinski definition) is 5. The lowest BCUT2D eigenvalue weighted by molar-refractivity contribution is 0.0602. The molecule has 0 bridgehead atoms. The number of nitrogens with zero attached hydrogens (tertiary/aromatic N) is 3. The lowest BCUT2D eigenvalue weighted by atomic mass is 10.0. The lowest BCUT2D eigenvalue weighted by Gasteiger charge is -2.24. The quantitative estimate of drug-likeness (QED) is 0.477. The van der Waals surface area contributed by atoms with Crippen molar-refractivity contribution in [1.82, 2.24) is 20.2 Å². The van der Waals surface area contributed by atoms with Crippen molar-refractivity contribution in [2.75, 3.05) is 26.9 Å². The molecule has 1 fully saturated rings. The third-order valence-corrected chi connectivity index (χ3v) is 6.87. The number of rotatable bonds is 6. The van der Waals surface area contributed by atoms with Gasteiger partial charge in [0, 0.05) is 29.8 Å². The molecule has 0 radical (unpaired) electrons. The van der Waals surface area contributed by atoms with Gasteiger partial charge in [-0.15, -0.1) is 0 Å². The van der Waals surface area contributed by atoms with E-state index in [9.17, 15) is 9.18 Å². The smallest absolute Gasteiger partial charge is 0.286 e. The van der Waals surface area contributed by atoms with E-state index in [4.69, 9.17) is 37.8 Å². The highest BCUT2D eigenvalue weighted by Crippen LogP contribution is 2.35. The molecule has 36 heavy (non-hydrogen) atoms. The van der Waals surface area contributed by atoms with Crippen molar-refractivity contribution in [3.05, 3.63) is 80.8 Å². The van der Waals surface area contributed by atoms with Crippen LogP contribution in [0.25, 0.3) is 17.3 Å². The molecular formula is C26H25Cl2FN4O3. The highest BCUT2D eigenvalue weighted by molar-refractivity contribution is 6.35. The Labute approximate surface area is 218 Å². The summed E-state index contributed by atoms with van der Waals surface area (Å²) < 4.78 is 26.3. The van der Waals surface area contributed by atoms with Crippen LogP contribution < -0.4 is 5.43 Å². The first kappa shape index (κ1) is 24.9. The summed E-state index contributed by atoms with van der Waals surface area (Å²) in [5, 5.41) is 7.51. The second kappa shape index (κ2) is 10.7. The maximum Gasteiger partial charge on any atom is 0.286 e. The summed E-state index contributed by atoms with van der Waals surface area (Å²) in [6.07, 6.45) is 3.81. The molecule has 7 nitrogen and oxygen atoms in total. The Kier molecular flexibility index (Phi) is 7.41. The molecule has 5 rings (SSSR count). The summed E-state index contributed by atoms with van der Waals surface area (Å²) in [6, 6.07) is 11.4. The molecule has 1 N–H and O–H groups in total. The summed E-state index contributed by atoms with van der Waals surface area (Å²) in [5.74, 6) is -0.645. The second-order valence-electron chi connectivity index (χ2n) is 8.78. The summed E-state index contributed by atoms with van der Waals surface area (Å²) >= 11 is 12.7. The van der Waals surface area contributed by atoms with Crippen LogP contribution in [0.4, 0.5) is 4.39 Å². The predicted molar refractivity (Wildman–Crippen MR) is 137 cm³/mol. The van der Waals surface area contributed by atoms with Crippen LogP contribution in [0.3, 0.4) is 0 Å². The van der Waals surface area contributed by atoms with Crippen molar-refractivity contribution in [3.8, 4) is 5.69 Å². The largest absolute Gasteiger partial charge is 0.383 e. The molecule has 1 aromatic heterocycles. The number of hydrazine groups is 1. The van der Waals surface area contributed by atoms with Crippen molar-refractivity contribution in [2.45, 2.75) is 25.5 Å². The van der Waals surface area contributed by atoms with Gasteiger partial charge in [-0.2, -0.15) is 5.10 Å². The Morgan fingerprint density at radius 3 is 2.81 bits per heavy atom. The standard InChI is InChI=1S/C26H25Cl2FN4O3/c1-35-14-20-3-2-10-32(20)31-26(34)24-21-15-36-13-17(11-16-4-7-19(29)8-5-16)25(21)33(30-24)23-9-6-18(27)12-22(23)28/h4-9,11-12,20H,2-3,10,13-15H2,1H3,(H,31,34)/t20-/m1/s1. The van der Waals surface area contributed by atoms with Gasteiger partial charge in [-0.3, -0.25) is 10.2 Å². The Balaban J connectivity index is 1.59. The number of ether oxygens (including phenoxy) is 2. The fourth-order valence-electron chi connectivity index (χ4n) is 4.66. The molecule has 1 amide bonds. The molecule has 10 heteroatoms. The van der Waals surface area contributed by atoms with Gasteiger partial charge in [0.25, 0.3) is 5.91 Å². The van der Waals surface area contributed by atoms with Crippen LogP contribution in [0.5, 0.6) is 0 Å². The van der Waals surface area contributed by atoms with E-state index < -0.39 is 0 Å². The van der Waals surface area contributed by atoms with Crippen LogP contribution in [0.15, 0.2) is 42.5 Å². The Hall–Kier alpha value is -2.75. The normalized spacial score (nSPS) is 19.0. The van der Waals surface area contributed by atoms with Gasteiger partial charge in [0.2, 0.25) is 0 Å². The fraction of sp³-hybridized carbons (Fsp3) is 0.308. The zero-order chi connectivity index (χ0) is 25.2. The number of benzene rings is 2. The molecule has 0 unspecified atom stereocenters. The van der Waals surface area contributed by atoms with E-state index in [1.54, 1.807) is 42.1 Å². The SMILES string of the molecule is COC[C@H]1CCCN1NC(=O)c1nn(-c2ccc(Cl)cc2Cl)c2c1COCC2=Cc1ccc(F)cc1. The number of hydrogen-bond donors (Lipinski definition) is 1. The van der Waals surface area contributed by atoms with Crippen molar-refractivity contribution in [3.63, 3.8) is 0 Å². The Morgan fingerprint density at radius 1 is 1.25 bits per heavy atom. The average molecular weight is 531 g/mol. The first-order valence-corrected chi connectivity index (χ1v) is 12.4. The molecule has 2 aromatic carbocycles. The van der Waals surface area contributed by atoms with E-state index in [0.29, 0.717) is 34.5 Å². The molecule has 3 heterocycles. The van der Waals surface area contributed by atoms with E-state index in [-0.39, 0.29) is 30.1 Å². The first-order valence-electron chi connectivity index (χ1n) is 11.6. The fourth-order valence-corrected chi connectivity index (χ4v) is 5.15. The number of carbonyl (C=O) groups excluding carboxylic acids is 1. The van der Waals surface area contributed by atoms with Crippen LogP contribution in [0.1, 0.15) is 40.2 Å². The van der Waals surface area contributed by atoms with Crippen molar-refractivity contribution < 1.29 is 18.7 Å². The molecule has 0 spiro atoms. The van der Waals surface area contributed by atoms with Crippen molar-refractivity contribution >= 4 is 40.8 Å². The molecular weight excluding hydrogens is 506 g/mol. The van der Waals surface area contributed by atoms with Gasteiger partial charge >= 0.3 is 0 Å². The van der Waals surface area contributed by atoms with Gasteiger partial charge in [0.15, 0.2) is 5.69 Å². The summed E-state index contributed by atoms with van der Waals surface area (Å²) in [6.45, 7) is 1.77. The maximum absolute atomic E-state index is 13.5. The first-order chi connectivity index (χ1) is 17.4. The van der Waals surface area contributed by atoms with E-state index in [1.807, 2.05) is 11.1 Å².